The topological polar surface area (TPSA) is 81.7 Å². The molecule has 25 heavy (non-hydrogen) atoms. The van der Waals surface area contributed by atoms with Gasteiger partial charge >= 0.3 is 11.9 Å². The number of fused-ring (bicyclic) bond motifs is 1. The second-order valence-corrected chi connectivity index (χ2v) is 6.68. The lowest BCUT2D eigenvalue weighted by atomic mass is 9.95. The first-order valence-corrected chi connectivity index (χ1v) is 8.84. The van der Waals surface area contributed by atoms with Crippen LogP contribution in [-0.2, 0) is 25.5 Å². The smallest absolute Gasteiger partial charge is 0.348 e. The van der Waals surface area contributed by atoms with Crippen molar-refractivity contribution in [3.63, 3.8) is 0 Å². The van der Waals surface area contributed by atoms with E-state index in [4.69, 9.17) is 9.47 Å². The zero-order chi connectivity index (χ0) is 17.8. The molecule has 1 heterocycles. The molecule has 0 bridgehead atoms. The van der Waals surface area contributed by atoms with Crippen LogP contribution in [0.25, 0.3) is 0 Å². The van der Waals surface area contributed by atoms with Crippen LogP contribution >= 0.6 is 0 Å². The largest absolute Gasteiger partial charge is 0.450 e. The van der Waals surface area contributed by atoms with Crippen molar-refractivity contribution in [1.29, 1.82) is 0 Å². The third-order valence-corrected chi connectivity index (χ3v) is 4.77. The monoisotopic (exact) mass is 345 g/mol. The number of rotatable bonds is 4. The highest BCUT2D eigenvalue weighted by Gasteiger charge is 2.34. The minimum Gasteiger partial charge on any atom is -0.450 e. The lowest BCUT2D eigenvalue weighted by Crippen LogP contribution is -2.45. The van der Waals surface area contributed by atoms with Crippen molar-refractivity contribution in [3.8, 4) is 0 Å². The van der Waals surface area contributed by atoms with Gasteiger partial charge in [0.05, 0.1) is 5.56 Å². The van der Waals surface area contributed by atoms with E-state index >= 15 is 0 Å². The molecule has 3 rings (SSSR count). The van der Waals surface area contributed by atoms with Crippen LogP contribution < -0.4 is 5.32 Å². The summed E-state index contributed by atoms with van der Waals surface area (Å²) in [6.45, 7) is 1.54. The van der Waals surface area contributed by atoms with Gasteiger partial charge in [-0.05, 0) is 31.4 Å². The van der Waals surface area contributed by atoms with Gasteiger partial charge in [-0.3, -0.25) is 4.79 Å². The van der Waals surface area contributed by atoms with Crippen molar-refractivity contribution in [2.24, 2.45) is 0 Å². The molecule has 1 aromatic carbocycles. The molecule has 1 saturated carbocycles. The van der Waals surface area contributed by atoms with Crippen LogP contribution in [0.15, 0.2) is 24.3 Å². The molecule has 2 aliphatic rings. The van der Waals surface area contributed by atoms with Crippen molar-refractivity contribution in [3.05, 3.63) is 35.4 Å². The maximum Gasteiger partial charge on any atom is 0.348 e. The van der Waals surface area contributed by atoms with Crippen molar-refractivity contribution in [2.45, 2.75) is 63.7 Å². The average molecular weight is 345 g/mol. The molecule has 6 nitrogen and oxygen atoms in total. The minimum atomic E-state index is -1.01. The summed E-state index contributed by atoms with van der Waals surface area (Å²) in [6, 6.07) is 7.16. The molecule has 0 radical (unpaired) electrons. The lowest BCUT2D eigenvalue weighted by molar-refractivity contribution is -0.163. The summed E-state index contributed by atoms with van der Waals surface area (Å²) in [5.41, 5.74) is 1.22. The Morgan fingerprint density at radius 3 is 2.68 bits per heavy atom. The number of cyclic esters (lactones) is 1. The van der Waals surface area contributed by atoms with E-state index in [1.165, 1.54) is 13.3 Å². The molecule has 0 spiro atoms. The quantitative estimate of drug-likeness (QED) is 0.846. The fraction of sp³-hybridized carbons (Fsp3) is 0.526. The van der Waals surface area contributed by atoms with Crippen molar-refractivity contribution in [1.82, 2.24) is 5.32 Å². The summed E-state index contributed by atoms with van der Waals surface area (Å²) < 4.78 is 10.4. The second kappa shape index (κ2) is 7.68. The summed E-state index contributed by atoms with van der Waals surface area (Å²) in [6.07, 6.45) is 3.68. The molecule has 1 N–H and O–H groups in total. The normalized spacial score (nSPS) is 21.6. The number of amides is 1. The van der Waals surface area contributed by atoms with Gasteiger partial charge in [-0.25, -0.2) is 9.59 Å². The first-order chi connectivity index (χ1) is 12.0. The molecule has 1 aliphatic carbocycles. The fourth-order valence-electron chi connectivity index (χ4n) is 3.33. The zero-order valence-corrected chi connectivity index (χ0v) is 14.3. The van der Waals surface area contributed by atoms with Crippen LogP contribution in [0.1, 0.15) is 54.9 Å². The Morgan fingerprint density at radius 2 is 1.92 bits per heavy atom. The van der Waals surface area contributed by atoms with Crippen molar-refractivity contribution < 1.29 is 23.9 Å². The number of nitrogens with one attached hydrogen (secondary N) is 1. The Kier molecular flexibility index (Phi) is 5.36. The standard InChI is InChI=1S/C19H23NO5/c1-12(17(21)20-14-8-3-2-4-9-14)24-19(23)16-11-13-7-5-6-10-15(13)18(22)25-16/h5-7,10,12,14,16H,2-4,8-9,11H2,1H3,(H,20,21). The number of carbonyl (C=O) groups excluding carboxylic acids is 3. The van der Waals surface area contributed by atoms with Crippen LogP contribution in [0.3, 0.4) is 0 Å². The first kappa shape index (κ1) is 17.5. The predicted octanol–water partition coefficient (Wildman–Crippen LogP) is 2.15. The van der Waals surface area contributed by atoms with Gasteiger partial charge in [0, 0.05) is 12.5 Å². The first-order valence-electron chi connectivity index (χ1n) is 8.84. The van der Waals surface area contributed by atoms with Crippen LogP contribution in [0.4, 0.5) is 0 Å². The maximum atomic E-state index is 12.3. The highest BCUT2D eigenvalue weighted by molar-refractivity contribution is 5.95. The number of esters is 2. The van der Waals surface area contributed by atoms with Gasteiger partial charge in [0.15, 0.2) is 6.10 Å². The number of ether oxygens (including phenoxy) is 2. The van der Waals surface area contributed by atoms with Gasteiger partial charge in [0.25, 0.3) is 5.91 Å². The molecule has 6 heteroatoms. The summed E-state index contributed by atoms with van der Waals surface area (Å²) >= 11 is 0. The highest BCUT2D eigenvalue weighted by Crippen LogP contribution is 2.22. The second-order valence-electron chi connectivity index (χ2n) is 6.68. The Labute approximate surface area is 146 Å². The van der Waals surface area contributed by atoms with E-state index in [2.05, 4.69) is 5.32 Å². The number of hydrogen-bond acceptors (Lipinski definition) is 5. The molecule has 1 aromatic rings. The van der Waals surface area contributed by atoms with Gasteiger partial charge in [-0.2, -0.15) is 0 Å². The minimum absolute atomic E-state index is 0.154. The molecular formula is C19H23NO5. The van der Waals surface area contributed by atoms with Gasteiger partial charge in [0.2, 0.25) is 6.10 Å². The molecule has 0 saturated heterocycles. The Bertz CT molecular complexity index is 666. The third kappa shape index (κ3) is 4.18. The van der Waals surface area contributed by atoms with E-state index in [1.807, 2.05) is 0 Å². The molecule has 2 unspecified atom stereocenters. The van der Waals surface area contributed by atoms with Crippen LogP contribution in [-0.4, -0.2) is 36.1 Å². The molecular weight excluding hydrogens is 322 g/mol. The van der Waals surface area contributed by atoms with Gasteiger partial charge in [0.1, 0.15) is 0 Å². The van der Waals surface area contributed by atoms with E-state index in [9.17, 15) is 14.4 Å². The molecule has 1 amide bonds. The summed E-state index contributed by atoms with van der Waals surface area (Å²) in [5, 5.41) is 2.93. The maximum absolute atomic E-state index is 12.3. The summed E-state index contributed by atoms with van der Waals surface area (Å²) in [5.74, 6) is -1.53. The summed E-state index contributed by atoms with van der Waals surface area (Å²) in [7, 11) is 0. The van der Waals surface area contributed by atoms with Crippen LogP contribution in [0.5, 0.6) is 0 Å². The predicted molar refractivity (Wildman–Crippen MR) is 89.9 cm³/mol. The molecule has 134 valence electrons. The van der Waals surface area contributed by atoms with Crippen molar-refractivity contribution in [2.75, 3.05) is 0 Å². The Balaban J connectivity index is 1.55. The van der Waals surface area contributed by atoms with Gasteiger partial charge in [-0.1, -0.05) is 37.5 Å². The lowest BCUT2D eigenvalue weighted by Gasteiger charge is -2.26. The summed E-state index contributed by atoms with van der Waals surface area (Å²) in [4.78, 5) is 36.5. The molecule has 1 fully saturated rings. The van der Waals surface area contributed by atoms with E-state index < -0.39 is 24.1 Å². The fourth-order valence-corrected chi connectivity index (χ4v) is 3.33. The van der Waals surface area contributed by atoms with E-state index in [1.54, 1.807) is 24.3 Å². The van der Waals surface area contributed by atoms with E-state index in [0.29, 0.717) is 5.56 Å². The van der Waals surface area contributed by atoms with Gasteiger partial charge < -0.3 is 14.8 Å². The highest BCUT2D eigenvalue weighted by atomic mass is 16.6. The molecule has 0 aromatic heterocycles. The number of carbonyl (C=O) groups is 3. The average Bonchev–Trinajstić information content (AvgIpc) is 2.62. The van der Waals surface area contributed by atoms with E-state index in [0.717, 1.165) is 31.2 Å². The van der Waals surface area contributed by atoms with Crippen LogP contribution in [0.2, 0.25) is 0 Å². The van der Waals surface area contributed by atoms with Crippen LogP contribution in [0, 0.1) is 0 Å². The SMILES string of the molecule is CC(OC(=O)C1Cc2ccccc2C(=O)O1)C(=O)NC1CCCCC1. The van der Waals surface area contributed by atoms with E-state index in [-0.39, 0.29) is 18.4 Å². The van der Waals surface area contributed by atoms with Gasteiger partial charge in [-0.15, -0.1) is 0 Å². The Hall–Kier alpha value is -2.37. The molecule has 2 atom stereocenters. The third-order valence-electron chi connectivity index (χ3n) is 4.77. The number of benzene rings is 1. The Morgan fingerprint density at radius 1 is 1.20 bits per heavy atom. The zero-order valence-electron chi connectivity index (χ0n) is 14.3. The molecule has 1 aliphatic heterocycles. The number of hydrogen-bond donors (Lipinski definition) is 1. The van der Waals surface area contributed by atoms with Crippen molar-refractivity contribution >= 4 is 17.8 Å².